The Kier molecular flexibility index (Phi) is 11.2. The molecule has 0 aliphatic carbocycles. The summed E-state index contributed by atoms with van der Waals surface area (Å²) in [6, 6.07) is 12.6. The van der Waals surface area contributed by atoms with E-state index in [-0.39, 0.29) is 35.9 Å². The molecule has 1 fully saturated rings. The summed E-state index contributed by atoms with van der Waals surface area (Å²) in [5, 5.41) is 7.12. The molecule has 0 unspecified atom stereocenters. The maximum Gasteiger partial charge on any atom is 0.287 e. The van der Waals surface area contributed by atoms with Crippen LogP contribution in [0.3, 0.4) is 0 Å². The minimum atomic E-state index is -0.359. The number of carbonyl (C=O) groups excluding carboxylic acids is 3. The fourth-order valence-electron chi connectivity index (χ4n) is 4.34. The van der Waals surface area contributed by atoms with Crippen molar-refractivity contribution in [1.82, 2.24) is 15.6 Å². The molecule has 1 aliphatic rings. The average Bonchev–Trinajstić information content (AvgIpc) is 3.46. The lowest BCUT2D eigenvalue weighted by Crippen LogP contribution is -2.45. The molecule has 1 aromatic heterocycles. The lowest BCUT2D eigenvalue weighted by atomic mass is 9.97. The molecule has 0 radical (unpaired) electrons. The molecule has 1 aromatic carbocycles. The van der Waals surface area contributed by atoms with Crippen molar-refractivity contribution in [2.45, 2.75) is 64.7 Å². The number of hydrazone groups is 1. The fraction of sp³-hybridized carbons (Fsp3) is 0.500. The van der Waals surface area contributed by atoms with Gasteiger partial charge in [-0.05, 0) is 37.0 Å². The lowest BCUT2D eigenvalue weighted by molar-refractivity contribution is -0.135. The van der Waals surface area contributed by atoms with E-state index in [1.165, 1.54) is 31.9 Å². The number of hydrogen-bond donors (Lipinski definition) is 2. The molecule has 194 valence electrons. The number of rotatable bonds is 13. The summed E-state index contributed by atoms with van der Waals surface area (Å²) >= 11 is 0. The van der Waals surface area contributed by atoms with Gasteiger partial charge >= 0.3 is 0 Å². The second kappa shape index (κ2) is 14.9. The average molecular weight is 495 g/mol. The molecule has 3 rings (SSSR count). The van der Waals surface area contributed by atoms with E-state index in [4.69, 9.17) is 4.42 Å². The van der Waals surface area contributed by atoms with Crippen LogP contribution in [0.25, 0.3) is 0 Å². The third kappa shape index (κ3) is 8.66. The number of amides is 3. The van der Waals surface area contributed by atoms with Crippen molar-refractivity contribution < 1.29 is 18.8 Å². The normalized spacial score (nSPS) is 16.0. The van der Waals surface area contributed by atoms with Gasteiger partial charge in [-0.3, -0.25) is 14.4 Å². The standard InChI is InChI=1S/C28H38N4O4/c1-2-3-4-5-6-10-17-26(33)32-18-11-15-23(21-32)27(34)31-30-24(22-13-8-7-9-14-22)20-29-28(35)25-16-12-19-36-25/h7-9,12-14,16,19,23H,2-6,10-11,15,17-18,20-21H2,1H3,(H,29,35)(H,31,34)/b30-24+/t23-/m0/s1. The number of likely N-dealkylation sites (tertiary alicyclic amines) is 1. The van der Waals surface area contributed by atoms with Gasteiger partial charge < -0.3 is 14.6 Å². The highest BCUT2D eigenvalue weighted by molar-refractivity contribution is 6.05. The Morgan fingerprint density at radius 3 is 2.56 bits per heavy atom. The molecule has 2 N–H and O–H groups in total. The fourth-order valence-corrected chi connectivity index (χ4v) is 4.34. The van der Waals surface area contributed by atoms with E-state index in [9.17, 15) is 14.4 Å². The molecule has 2 heterocycles. The van der Waals surface area contributed by atoms with Crippen molar-refractivity contribution in [2.24, 2.45) is 11.0 Å². The first-order valence-corrected chi connectivity index (χ1v) is 13.1. The summed E-state index contributed by atoms with van der Waals surface area (Å²) in [6.45, 7) is 3.44. The van der Waals surface area contributed by atoms with E-state index in [0.29, 0.717) is 25.2 Å². The lowest BCUT2D eigenvalue weighted by Gasteiger charge is -2.31. The van der Waals surface area contributed by atoms with Crippen LogP contribution in [0.5, 0.6) is 0 Å². The summed E-state index contributed by atoms with van der Waals surface area (Å²) in [4.78, 5) is 39.7. The topological polar surface area (TPSA) is 104 Å². The SMILES string of the molecule is CCCCCCCCC(=O)N1CCC[C@H](C(=O)N/N=C(\CNC(=O)c2ccco2)c2ccccc2)C1. The molecule has 8 nitrogen and oxygen atoms in total. The molecule has 8 heteroatoms. The van der Waals surface area contributed by atoms with Gasteiger partial charge in [0.1, 0.15) is 0 Å². The molecule has 0 spiro atoms. The minimum Gasteiger partial charge on any atom is -0.459 e. The van der Waals surface area contributed by atoms with E-state index in [1.54, 1.807) is 12.1 Å². The van der Waals surface area contributed by atoms with Gasteiger partial charge in [0.2, 0.25) is 11.8 Å². The third-order valence-corrected chi connectivity index (χ3v) is 6.46. The van der Waals surface area contributed by atoms with Gasteiger partial charge in [-0.2, -0.15) is 5.10 Å². The Hall–Kier alpha value is -3.42. The van der Waals surface area contributed by atoms with E-state index in [0.717, 1.165) is 31.2 Å². The highest BCUT2D eigenvalue weighted by atomic mass is 16.3. The summed E-state index contributed by atoms with van der Waals surface area (Å²) in [5.41, 5.74) is 3.99. The number of piperidine rings is 1. The van der Waals surface area contributed by atoms with E-state index < -0.39 is 0 Å². The van der Waals surface area contributed by atoms with Gasteiger partial charge in [-0.15, -0.1) is 0 Å². The number of benzene rings is 1. The van der Waals surface area contributed by atoms with Gasteiger partial charge in [0.05, 0.1) is 24.4 Å². The molecular formula is C28H38N4O4. The minimum absolute atomic E-state index is 0.122. The van der Waals surface area contributed by atoms with Gasteiger partial charge in [-0.1, -0.05) is 69.4 Å². The van der Waals surface area contributed by atoms with Crippen molar-refractivity contribution in [3.8, 4) is 0 Å². The van der Waals surface area contributed by atoms with Crippen molar-refractivity contribution in [2.75, 3.05) is 19.6 Å². The zero-order valence-electron chi connectivity index (χ0n) is 21.2. The Bertz CT molecular complexity index is 988. The van der Waals surface area contributed by atoms with Crippen LogP contribution < -0.4 is 10.7 Å². The second-order valence-corrected chi connectivity index (χ2v) is 9.26. The maximum absolute atomic E-state index is 12.9. The molecule has 0 saturated carbocycles. The predicted octanol–water partition coefficient (Wildman–Crippen LogP) is 4.52. The Labute approximate surface area is 213 Å². The van der Waals surface area contributed by atoms with E-state index >= 15 is 0 Å². The number of nitrogens with one attached hydrogen (secondary N) is 2. The second-order valence-electron chi connectivity index (χ2n) is 9.26. The maximum atomic E-state index is 12.9. The van der Waals surface area contributed by atoms with Crippen LogP contribution in [0.15, 0.2) is 58.2 Å². The summed E-state index contributed by atoms with van der Waals surface area (Å²) < 4.78 is 5.13. The van der Waals surface area contributed by atoms with Gasteiger partial charge in [-0.25, -0.2) is 5.43 Å². The number of carbonyl (C=O) groups is 3. The first-order chi connectivity index (χ1) is 17.6. The van der Waals surface area contributed by atoms with E-state index in [1.807, 2.05) is 35.2 Å². The number of unbranched alkanes of at least 4 members (excludes halogenated alkanes) is 5. The van der Waals surface area contributed by atoms with Gasteiger partial charge in [0.15, 0.2) is 5.76 Å². The quantitative estimate of drug-likeness (QED) is 0.243. The van der Waals surface area contributed by atoms with Crippen molar-refractivity contribution >= 4 is 23.4 Å². The molecule has 0 bridgehead atoms. The van der Waals surface area contributed by atoms with Gasteiger partial charge in [0, 0.05) is 19.5 Å². The molecule has 2 aromatic rings. The summed E-state index contributed by atoms with van der Waals surface area (Å²) in [7, 11) is 0. The van der Waals surface area contributed by atoms with Crippen LogP contribution in [0.2, 0.25) is 0 Å². The zero-order valence-corrected chi connectivity index (χ0v) is 21.2. The smallest absolute Gasteiger partial charge is 0.287 e. The van der Waals surface area contributed by atoms with Crippen LogP contribution >= 0.6 is 0 Å². The highest BCUT2D eigenvalue weighted by Gasteiger charge is 2.28. The predicted molar refractivity (Wildman–Crippen MR) is 139 cm³/mol. The Morgan fingerprint density at radius 1 is 1.03 bits per heavy atom. The van der Waals surface area contributed by atoms with Crippen molar-refractivity contribution in [3.05, 3.63) is 60.1 Å². The number of nitrogens with zero attached hydrogens (tertiary/aromatic N) is 2. The van der Waals surface area contributed by atoms with Crippen LogP contribution in [-0.4, -0.2) is 48.0 Å². The largest absolute Gasteiger partial charge is 0.459 e. The highest BCUT2D eigenvalue weighted by Crippen LogP contribution is 2.18. The first-order valence-electron chi connectivity index (χ1n) is 13.1. The van der Waals surface area contributed by atoms with Crippen LogP contribution in [-0.2, 0) is 9.59 Å². The molecule has 1 atom stereocenters. The molecule has 36 heavy (non-hydrogen) atoms. The molecule has 3 amide bonds. The Morgan fingerprint density at radius 2 is 1.81 bits per heavy atom. The first kappa shape index (κ1) is 27.2. The summed E-state index contributed by atoms with van der Waals surface area (Å²) in [5.74, 6) is -0.526. The number of furan rings is 1. The van der Waals surface area contributed by atoms with Crippen LogP contribution in [0.1, 0.15) is 80.8 Å². The summed E-state index contributed by atoms with van der Waals surface area (Å²) in [6.07, 6.45) is 10.4. The van der Waals surface area contributed by atoms with Crippen molar-refractivity contribution in [1.29, 1.82) is 0 Å². The molecule has 1 aliphatic heterocycles. The van der Waals surface area contributed by atoms with Crippen LogP contribution in [0, 0.1) is 5.92 Å². The molecular weight excluding hydrogens is 456 g/mol. The van der Waals surface area contributed by atoms with Crippen molar-refractivity contribution in [3.63, 3.8) is 0 Å². The third-order valence-electron chi connectivity index (χ3n) is 6.46. The van der Waals surface area contributed by atoms with Crippen LogP contribution in [0.4, 0.5) is 0 Å². The molecule has 1 saturated heterocycles. The number of hydrogen-bond acceptors (Lipinski definition) is 5. The van der Waals surface area contributed by atoms with Gasteiger partial charge in [0.25, 0.3) is 5.91 Å². The zero-order chi connectivity index (χ0) is 25.6. The van der Waals surface area contributed by atoms with E-state index in [2.05, 4.69) is 22.8 Å². The monoisotopic (exact) mass is 494 g/mol. The Balaban J connectivity index is 1.53.